The predicted molar refractivity (Wildman–Crippen MR) is 61.4 cm³/mol. The van der Waals surface area contributed by atoms with Crippen LogP contribution in [-0.4, -0.2) is 12.4 Å². The SMILES string of the molecule is CC(=O)c1ccc(OCCCCC#N)c(F)c1. The van der Waals surface area contributed by atoms with Crippen LogP contribution in [0.1, 0.15) is 36.5 Å². The molecule has 0 bridgehead atoms. The summed E-state index contributed by atoms with van der Waals surface area (Å²) in [5.74, 6) is -0.561. The summed E-state index contributed by atoms with van der Waals surface area (Å²) in [5, 5.41) is 8.33. The van der Waals surface area contributed by atoms with E-state index in [0.717, 1.165) is 6.42 Å². The highest BCUT2D eigenvalue weighted by molar-refractivity contribution is 5.94. The molecule has 0 atom stereocenters. The van der Waals surface area contributed by atoms with Crippen molar-refractivity contribution in [3.05, 3.63) is 29.6 Å². The number of halogens is 1. The summed E-state index contributed by atoms with van der Waals surface area (Å²) in [5.41, 5.74) is 0.333. The molecule has 1 aromatic carbocycles. The van der Waals surface area contributed by atoms with E-state index in [1.807, 2.05) is 6.07 Å². The summed E-state index contributed by atoms with van der Waals surface area (Å²) in [7, 11) is 0. The number of rotatable bonds is 6. The molecular weight excluding hydrogens is 221 g/mol. The van der Waals surface area contributed by atoms with E-state index in [1.165, 1.54) is 25.1 Å². The van der Waals surface area contributed by atoms with Gasteiger partial charge >= 0.3 is 0 Å². The topological polar surface area (TPSA) is 50.1 Å². The fourth-order valence-corrected chi connectivity index (χ4v) is 1.33. The number of unbranched alkanes of at least 4 members (excludes halogenated alkanes) is 2. The zero-order chi connectivity index (χ0) is 12.7. The Morgan fingerprint density at radius 1 is 1.47 bits per heavy atom. The van der Waals surface area contributed by atoms with Gasteiger partial charge in [-0.15, -0.1) is 0 Å². The normalized spacial score (nSPS) is 9.71. The highest BCUT2D eigenvalue weighted by Crippen LogP contribution is 2.19. The minimum atomic E-state index is -0.530. The minimum absolute atomic E-state index is 0.145. The van der Waals surface area contributed by atoms with Crippen LogP contribution >= 0.6 is 0 Å². The summed E-state index contributed by atoms with van der Waals surface area (Å²) in [6.07, 6.45) is 1.93. The molecule has 0 unspecified atom stereocenters. The first-order valence-electron chi connectivity index (χ1n) is 5.45. The van der Waals surface area contributed by atoms with Crippen LogP contribution in [0, 0.1) is 17.1 Å². The fourth-order valence-electron chi connectivity index (χ4n) is 1.33. The molecule has 0 N–H and O–H groups in total. The van der Waals surface area contributed by atoms with Gasteiger partial charge in [0, 0.05) is 12.0 Å². The van der Waals surface area contributed by atoms with Crippen molar-refractivity contribution in [3.63, 3.8) is 0 Å². The van der Waals surface area contributed by atoms with Gasteiger partial charge in [0.05, 0.1) is 12.7 Å². The third-order valence-corrected chi connectivity index (χ3v) is 2.28. The molecule has 0 saturated carbocycles. The summed E-state index contributed by atoms with van der Waals surface area (Å²) >= 11 is 0. The molecule has 0 fully saturated rings. The standard InChI is InChI=1S/C13H14FNO2/c1-10(16)11-5-6-13(12(14)9-11)17-8-4-2-3-7-15/h5-6,9H,2-4,8H2,1H3. The van der Waals surface area contributed by atoms with E-state index in [2.05, 4.69) is 0 Å². The molecule has 0 aromatic heterocycles. The zero-order valence-electron chi connectivity index (χ0n) is 9.70. The number of carbonyl (C=O) groups is 1. The number of nitrogens with zero attached hydrogens (tertiary/aromatic N) is 1. The van der Waals surface area contributed by atoms with Crippen LogP contribution in [0.25, 0.3) is 0 Å². The van der Waals surface area contributed by atoms with Gasteiger partial charge in [-0.1, -0.05) is 0 Å². The summed E-state index contributed by atoms with van der Waals surface area (Å²) in [4.78, 5) is 11.0. The second-order valence-electron chi connectivity index (χ2n) is 3.67. The molecular formula is C13H14FNO2. The zero-order valence-corrected chi connectivity index (χ0v) is 9.70. The molecule has 3 nitrogen and oxygen atoms in total. The van der Waals surface area contributed by atoms with Crippen molar-refractivity contribution in [2.24, 2.45) is 0 Å². The maximum absolute atomic E-state index is 13.5. The van der Waals surface area contributed by atoms with Crippen molar-refractivity contribution >= 4 is 5.78 Å². The van der Waals surface area contributed by atoms with Gasteiger partial charge in [0.1, 0.15) is 0 Å². The molecule has 0 heterocycles. The van der Waals surface area contributed by atoms with Crippen LogP contribution in [0.3, 0.4) is 0 Å². The number of carbonyl (C=O) groups excluding carboxylic acids is 1. The molecule has 1 rings (SSSR count). The van der Waals surface area contributed by atoms with Gasteiger partial charge in [0.2, 0.25) is 0 Å². The Hall–Kier alpha value is -1.89. The van der Waals surface area contributed by atoms with Gasteiger partial charge in [-0.3, -0.25) is 4.79 Å². The molecule has 0 saturated heterocycles. The first-order chi connectivity index (χ1) is 8.15. The van der Waals surface area contributed by atoms with Gasteiger partial charge in [0.15, 0.2) is 17.3 Å². The van der Waals surface area contributed by atoms with E-state index < -0.39 is 5.82 Å². The lowest BCUT2D eigenvalue weighted by molar-refractivity contribution is 0.101. The van der Waals surface area contributed by atoms with Crippen LogP contribution in [0.2, 0.25) is 0 Å². The average molecular weight is 235 g/mol. The second-order valence-corrected chi connectivity index (χ2v) is 3.67. The van der Waals surface area contributed by atoms with Crippen LogP contribution in [-0.2, 0) is 0 Å². The summed E-state index contributed by atoms with van der Waals surface area (Å²) in [6, 6.07) is 6.20. The Labute approximate surface area is 99.8 Å². The van der Waals surface area contributed by atoms with Gasteiger partial charge in [-0.25, -0.2) is 4.39 Å². The maximum Gasteiger partial charge on any atom is 0.165 e. The Balaban J connectivity index is 2.50. The molecule has 0 amide bonds. The molecule has 0 aliphatic heterocycles. The van der Waals surface area contributed by atoms with Gasteiger partial charge in [-0.2, -0.15) is 5.26 Å². The van der Waals surface area contributed by atoms with E-state index in [9.17, 15) is 9.18 Å². The maximum atomic E-state index is 13.5. The van der Waals surface area contributed by atoms with Gasteiger partial charge in [0.25, 0.3) is 0 Å². The largest absolute Gasteiger partial charge is 0.491 e. The number of ketones is 1. The monoisotopic (exact) mass is 235 g/mol. The number of hydrogen-bond acceptors (Lipinski definition) is 3. The van der Waals surface area contributed by atoms with E-state index >= 15 is 0 Å². The number of nitriles is 1. The lowest BCUT2D eigenvalue weighted by Crippen LogP contribution is -2.01. The van der Waals surface area contributed by atoms with E-state index in [1.54, 1.807) is 0 Å². The molecule has 1 aromatic rings. The number of ether oxygens (including phenoxy) is 1. The predicted octanol–water partition coefficient (Wildman–Crippen LogP) is 3.10. The van der Waals surface area contributed by atoms with E-state index in [4.69, 9.17) is 10.00 Å². The Kier molecular flexibility index (Phi) is 5.15. The Morgan fingerprint density at radius 3 is 2.82 bits per heavy atom. The van der Waals surface area contributed by atoms with Crippen molar-refractivity contribution in [2.45, 2.75) is 26.2 Å². The van der Waals surface area contributed by atoms with Crippen molar-refractivity contribution < 1.29 is 13.9 Å². The Bertz CT molecular complexity index is 438. The quantitative estimate of drug-likeness (QED) is 0.562. The first-order valence-corrected chi connectivity index (χ1v) is 5.45. The molecule has 90 valence electrons. The van der Waals surface area contributed by atoms with Gasteiger partial charge in [-0.05, 0) is 38.0 Å². The smallest absolute Gasteiger partial charge is 0.165 e. The Morgan fingerprint density at radius 2 is 2.24 bits per heavy atom. The first kappa shape index (κ1) is 13.2. The second kappa shape index (κ2) is 6.64. The van der Waals surface area contributed by atoms with Crippen LogP contribution in [0.5, 0.6) is 5.75 Å². The molecule has 0 radical (unpaired) electrons. The minimum Gasteiger partial charge on any atom is -0.491 e. The van der Waals surface area contributed by atoms with Crippen LogP contribution < -0.4 is 4.74 Å². The van der Waals surface area contributed by atoms with Crippen molar-refractivity contribution in [2.75, 3.05) is 6.61 Å². The molecule has 0 aliphatic rings. The van der Waals surface area contributed by atoms with E-state index in [0.29, 0.717) is 25.0 Å². The number of benzene rings is 1. The lowest BCUT2D eigenvalue weighted by atomic mass is 10.1. The average Bonchev–Trinajstić information content (AvgIpc) is 2.30. The summed E-state index contributed by atoms with van der Waals surface area (Å²) < 4.78 is 18.7. The van der Waals surface area contributed by atoms with Gasteiger partial charge < -0.3 is 4.74 Å². The summed E-state index contributed by atoms with van der Waals surface area (Å²) in [6.45, 7) is 1.76. The van der Waals surface area contributed by atoms with E-state index in [-0.39, 0.29) is 11.5 Å². The van der Waals surface area contributed by atoms with Crippen LogP contribution in [0.15, 0.2) is 18.2 Å². The van der Waals surface area contributed by atoms with Crippen LogP contribution in [0.4, 0.5) is 4.39 Å². The third kappa shape index (κ3) is 4.23. The highest BCUT2D eigenvalue weighted by Gasteiger charge is 2.07. The molecule has 17 heavy (non-hydrogen) atoms. The van der Waals surface area contributed by atoms with Crippen molar-refractivity contribution in [3.8, 4) is 11.8 Å². The van der Waals surface area contributed by atoms with Crippen molar-refractivity contribution in [1.82, 2.24) is 0 Å². The van der Waals surface area contributed by atoms with Crippen molar-refractivity contribution in [1.29, 1.82) is 5.26 Å². The highest BCUT2D eigenvalue weighted by atomic mass is 19.1. The molecule has 0 spiro atoms. The third-order valence-electron chi connectivity index (χ3n) is 2.28. The number of hydrogen-bond donors (Lipinski definition) is 0. The fraction of sp³-hybridized carbons (Fsp3) is 0.385. The number of Topliss-reactive ketones (excluding diaryl/α,β-unsaturated/α-hetero) is 1. The molecule has 4 heteroatoms. The lowest BCUT2D eigenvalue weighted by Gasteiger charge is -2.07. The molecule has 0 aliphatic carbocycles.